The molecule has 2 amide bonds. The Morgan fingerprint density at radius 2 is 2.19 bits per heavy atom. The number of nitrogens with zero attached hydrogens (tertiary/aromatic N) is 1. The Balaban J connectivity index is 2.22. The second-order valence-electron chi connectivity index (χ2n) is 3.49. The predicted octanol–water partition coefficient (Wildman–Crippen LogP) is -1.05. The summed E-state index contributed by atoms with van der Waals surface area (Å²) in [5.41, 5.74) is -0.365. The number of hydrogen-bond acceptors (Lipinski definition) is 3. The molecule has 16 heavy (non-hydrogen) atoms. The minimum absolute atomic E-state index is 0.00711. The highest BCUT2D eigenvalue weighted by Crippen LogP contribution is 2.01. The Morgan fingerprint density at radius 3 is 2.88 bits per heavy atom. The van der Waals surface area contributed by atoms with Gasteiger partial charge in [0.05, 0.1) is 6.54 Å². The fourth-order valence-electron chi connectivity index (χ4n) is 1.57. The van der Waals surface area contributed by atoms with Gasteiger partial charge < -0.3 is 15.2 Å². The molecule has 0 aromatic carbocycles. The van der Waals surface area contributed by atoms with Crippen LogP contribution in [0.2, 0.25) is 0 Å². The molecule has 0 aliphatic carbocycles. The maximum Gasteiger partial charge on any atom is 0.260 e. The lowest BCUT2D eigenvalue weighted by Gasteiger charge is -2.26. The first-order valence-corrected chi connectivity index (χ1v) is 4.92. The summed E-state index contributed by atoms with van der Waals surface area (Å²) >= 11 is 0. The van der Waals surface area contributed by atoms with Crippen LogP contribution in [0.4, 0.5) is 0 Å². The van der Waals surface area contributed by atoms with Crippen molar-refractivity contribution in [3.63, 3.8) is 0 Å². The number of piperazine rings is 1. The number of aromatic nitrogens is 1. The van der Waals surface area contributed by atoms with Gasteiger partial charge in [-0.25, -0.2) is 0 Å². The first-order chi connectivity index (χ1) is 7.68. The molecule has 1 saturated heterocycles. The van der Waals surface area contributed by atoms with E-state index in [1.807, 2.05) is 0 Å². The summed E-state index contributed by atoms with van der Waals surface area (Å²) in [6.07, 6.45) is 1.46. The van der Waals surface area contributed by atoms with Crippen LogP contribution < -0.4 is 10.9 Å². The molecule has 0 unspecified atom stereocenters. The number of carbonyl (C=O) groups is 2. The average Bonchev–Trinajstić information content (AvgIpc) is 2.29. The molecule has 1 aliphatic rings. The highest BCUT2D eigenvalue weighted by molar-refractivity contribution is 5.96. The molecular weight excluding hydrogens is 210 g/mol. The van der Waals surface area contributed by atoms with Crippen LogP contribution in [-0.2, 0) is 4.79 Å². The van der Waals surface area contributed by atoms with Crippen LogP contribution in [0.25, 0.3) is 0 Å². The minimum Gasteiger partial charge on any atom is -0.353 e. The molecule has 1 aliphatic heterocycles. The predicted molar refractivity (Wildman–Crippen MR) is 56.0 cm³/mol. The van der Waals surface area contributed by atoms with E-state index < -0.39 is 11.5 Å². The van der Waals surface area contributed by atoms with Gasteiger partial charge in [0.25, 0.3) is 11.5 Å². The van der Waals surface area contributed by atoms with Gasteiger partial charge in [-0.1, -0.05) is 0 Å². The van der Waals surface area contributed by atoms with Crippen molar-refractivity contribution >= 4 is 11.8 Å². The van der Waals surface area contributed by atoms with E-state index in [1.165, 1.54) is 17.2 Å². The molecule has 0 radical (unpaired) electrons. The summed E-state index contributed by atoms with van der Waals surface area (Å²) < 4.78 is 0. The van der Waals surface area contributed by atoms with Gasteiger partial charge in [0.1, 0.15) is 5.56 Å². The first-order valence-electron chi connectivity index (χ1n) is 4.92. The van der Waals surface area contributed by atoms with Crippen LogP contribution in [0.1, 0.15) is 10.4 Å². The molecule has 84 valence electrons. The van der Waals surface area contributed by atoms with Gasteiger partial charge in [-0.3, -0.25) is 14.4 Å². The third-order valence-corrected chi connectivity index (χ3v) is 2.37. The van der Waals surface area contributed by atoms with Crippen molar-refractivity contribution in [2.24, 2.45) is 0 Å². The lowest BCUT2D eigenvalue weighted by atomic mass is 10.2. The van der Waals surface area contributed by atoms with E-state index in [4.69, 9.17) is 0 Å². The first kappa shape index (κ1) is 10.4. The fraction of sp³-hybridized carbons (Fsp3) is 0.300. The molecule has 6 heteroatoms. The molecule has 2 heterocycles. The molecular formula is C10H11N3O3. The normalized spacial score (nSPS) is 15.8. The SMILES string of the molecule is O=C1CN(C(=O)c2ccc[nH]c2=O)CCN1. The molecule has 2 N–H and O–H groups in total. The number of pyridine rings is 1. The van der Waals surface area contributed by atoms with Gasteiger partial charge in [0.15, 0.2) is 0 Å². The number of H-pyrrole nitrogens is 1. The van der Waals surface area contributed by atoms with Crippen molar-refractivity contribution in [2.45, 2.75) is 0 Å². The number of amides is 2. The largest absolute Gasteiger partial charge is 0.353 e. The molecule has 0 atom stereocenters. The van der Waals surface area contributed by atoms with Crippen molar-refractivity contribution in [1.82, 2.24) is 15.2 Å². The summed E-state index contributed by atoms with van der Waals surface area (Å²) in [6.45, 7) is 0.862. The number of aromatic amines is 1. The zero-order valence-electron chi connectivity index (χ0n) is 8.53. The van der Waals surface area contributed by atoms with Gasteiger partial charge in [0, 0.05) is 19.3 Å². The number of carbonyl (C=O) groups excluding carboxylic acids is 2. The van der Waals surface area contributed by atoms with Gasteiger partial charge in [-0.05, 0) is 12.1 Å². The number of hydrogen-bond donors (Lipinski definition) is 2. The highest BCUT2D eigenvalue weighted by Gasteiger charge is 2.23. The second kappa shape index (κ2) is 4.18. The fourth-order valence-corrected chi connectivity index (χ4v) is 1.57. The van der Waals surface area contributed by atoms with Gasteiger partial charge >= 0.3 is 0 Å². The van der Waals surface area contributed by atoms with Crippen molar-refractivity contribution in [2.75, 3.05) is 19.6 Å². The van der Waals surface area contributed by atoms with Crippen LogP contribution in [0.3, 0.4) is 0 Å². The second-order valence-corrected chi connectivity index (χ2v) is 3.49. The molecule has 0 bridgehead atoms. The van der Waals surface area contributed by atoms with E-state index in [9.17, 15) is 14.4 Å². The van der Waals surface area contributed by atoms with Crippen molar-refractivity contribution in [3.8, 4) is 0 Å². The smallest absolute Gasteiger partial charge is 0.260 e. The summed E-state index contributed by atoms with van der Waals surface area (Å²) in [5, 5.41) is 2.61. The molecule has 1 aromatic heterocycles. The molecule has 6 nitrogen and oxygen atoms in total. The summed E-state index contributed by atoms with van der Waals surface area (Å²) in [6, 6.07) is 3.03. The zero-order chi connectivity index (χ0) is 11.5. The maximum atomic E-state index is 11.9. The monoisotopic (exact) mass is 221 g/mol. The standard InChI is InChI=1S/C10H11N3O3/c14-8-6-13(5-4-11-8)10(16)7-2-1-3-12-9(7)15/h1-3H,4-6H2,(H,11,14)(H,12,15). The minimum atomic E-state index is -0.432. The van der Waals surface area contributed by atoms with Crippen molar-refractivity contribution in [3.05, 3.63) is 34.2 Å². The van der Waals surface area contributed by atoms with E-state index >= 15 is 0 Å². The van der Waals surface area contributed by atoms with Gasteiger partial charge in [-0.15, -0.1) is 0 Å². The Kier molecular flexibility index (Phi) is 2.72. The third kappa shape index (κ3) is 1.95. The van der Waals surface area contributed by atoms with Crippen LogP contribution in [0.5, 0.6) is 0 Å². The molecule has 1 aromatic rings. The Labute approximate surface area is 91.3 Å². The molecule has 2 rings (SSSR count). The van der Waals surface area contributed by atoms with Crippen molar-refractivity contribution < 1.29 is 9.59 Å². The van der Waals surface area contributed by atoms with E-state index in [2.05, 4.69) is 10.3 Å². The summed E-state index contributed by atoms with van der Waals surface area (Å²) in [7, 11) is 0. The topological polar surface area (TPSA) is 82.3 Å². The van der Waals surface area contributed by atoms with Crippen LogP contribution in [0, 0.1) is 0 Å². The average molecular weight is 221 g/mol. The molecule has 0 spiro atoms. The van der Waals surface area contributed by atoms with Crippen LogP contribution in [0.15, 0.2) is 23.1 Å². The Bertz CT molecular complexity index is 480. The lowest BCUT2D eigenvalue weighted by Crippen LogP contribution is -2.50. The van der Waals surface area contributed by atoms with Gasteiger partial charge in [-0.2, -0.15) is 0 Å². The third-order valence-electron chi connectivity index (χ3n) is 2.37. The number of rotatable bonds is 1. The van der Waals surface area contributed by atoms with E-state index in [1.54, 1.807) is 6.07 Å². The Morgan fingerprint density at radius 1 is 1.38 bits per heavy atom. The van der Waals surface area contributed by atoms with Gasteiger partial charge in [0.2, 0.25) is 5.91 Å². The Hall–Kier alpha value is -2.11. The summed E-state index contributed by atoms with van der Waals surface area (Å²) in [4.78, 5) is 38.2. The maximum absolute atomic E-state index is 11.9. The van der Waals surface area contributed by atoms with E-state index in [0.717, 1.165) is 0 Å². The van der Waals surface area contributed by atoms with Crippen molar-refractivity contribution in [1.29, 1.82) is 0 Å². The van der Waals surface area contributed by atoms with Crippen LogP contribution >= 0.6 is 0 Å². The highest BCUT2D eigenvalue weighted by atomic mass is 16.2. The summed E-state index contributed by atoms with van der Waals surface area (Å²) in [5.74, 6) is -0.608. The van der Waals surface area contributed by atoms with E-state index in [0.29, 0.717) is 13.1 Å². The molecule has 0 saturated carbocycles. The molecule has 1 fully saturated rings. The number of nitrogens with one attached hydrogen (secondary N) is 2. The zero-order valence-corrected chi connectivity index (χ0v) is 8.53. The van der Waals surface area contributed by atoms with Crippen LogP contribution in [-0.4, -0.2) is 41.3 Å². The quantitative estimate of drug-likeness (QED) is 0.634. The van der Waals surface area contributed by atoms with E-state index in [-0.39, 0.29) is 18.0 Å². The lowest BCUT2D eigenvalue weighted by molar-refractivity contribution is -0.123.